The maximum absolute atomic E-state index is 13.5. The monoisotopic (exact) mass is 245 g/mol. The fourth-order valence-electron chi connectivity index (χ4n) is 1.60. The Morgan fingerprint density at radius 3 is 2.78 bits per heavy atom. The molecule has 0 saturated heterocycles. The van der Waals surface area contributed by atoms with Crippen LogP contribution >= 0.6 is 0 Å². The number of hydrogen-bond donors (Lipinski definition) is 2. The topological polar surface area (TPSA) is 54.0 Å². The smallest absolute Gasteiger partial charge is 0.257 e. The second-order valence-corrected chi connectivity index (χ2v) is 3.61. The maximum Gasteiger partial charge on any atom is 0.257 e. The molecule has 92 valence electrons. The van der Waals surface area contributed by atoms with Crippen LogP contribution in [0.1, 0.15) is 10.4 Å². The molecule has 2 aromatic rings. The quantitative estimate of drug-likeness (QED) is 0.873. The van der Waals surface area contributed by atoms with Crippen molar-refractivity contribution in [2.45, 2.75) is 0 Å². The van der Waals surface area contributed by atoms with Gasteiger partial charge in [-0.2, -0.15) is 0 Å². The maximum atomic E-state index is 13.5. The van der Waals surface area contributed by atoms with E-state index in [0.717, 1.165) is 0 Å². The second-order valence-electron chi connectivity index (χ2n) is 3.61. The molecule has 1 heterocycles. The van der Waals surface area contributed by atoms with Crippen molar-refractivity contribution in [2.75, 3.05) is 17.7 Å². The molecule has 5 heteroatoms. The van der Waals surface area contributed by atoms with Gasteiger partial charge in [0.15, 0.2) is 0 Å². The van der Waals surface area contributed by atoms with Crippen LogP contribution in [0.2, 0.25) is 0 Å². The van der Waals surface area contributed by atoms with Gasteiger partial charge in [-0.3, -0.25) is 9.78 Å². The minimum atomic E-state index is -0.462. The van der Waals surface area contributed by atoms with Gasteiger partial charge in [0.1, 0.15) is 5.82 Å². The predicted molar refractivity (Wildman–Crippen MR) is 68.1 cm³/mol. The fraction of sp³-hybridized carbons (Fsp3) is 0.0769. The summed E-state index contributed by atoms with van der Waals surface area (Å²) in [6, 6.07) is 7.77. The molecule has 0 unspecified atom stereocenters. The molecule has 1 aromatic heterocycles. The minimum absolute atomic E-state index is 0.180. The van der Waals surface area contributed by atoms with Gasteiger partial charge in [0.25, 0.3) is 5.91 Å². The number of carbonyl (C=O) groups excluding carboxylic acids is 1. The largest absolute Gasteiger partial charge is 0.385 e. The molecule has 0 aliphatic carbocycles. The van der Waals surface area contributed by atoms with Crippen LogP contribution in [0.15, 0.2) is 42.7 Å². The van der Waals surface area contributed by atoms with Crippen molar-refractivity contribution in [3.05, 3.63) is 54.1 Å². The molecule has 2 N–H and O–H groups in total. The van der Waals surface area contributed by atoms with E-state index in [4.69, 9.17) is 0 Å². The highest BCUT2D eigenvalue weighted by molar-refractivity contribution is 6.08. The number of carbonyl (C=O) groups is 1. The van der Waals surface area contributed by atoms with E-state index in [1.54, 1.807) is 31.4 Å². The third kappa shape index (κ3) is 2.45. The molecule has 1 aromatic carbocycles. The van der Waals surface area contributed by atoms with Crippen LogP contribution in [-0.2, 0) is 0 Å². The Morgan fingerprint density at radius 2 is 2.11 bits per heavy atom. The zero-order valence-corrected chi connectivity index (χ0v) is 9.77. The lowest BCUT2D eigenvalue weighted by molar-refractivity contribution is 0.102. The number of benzene rings is 1. The van der Waals surface area contributed by atoms with E-state index in [2.05, 4.69) is 15.6 Å². The first kappa shape index (κ1) is 12.0. The lowest BCUT2D eigenvalue weighted by Gasteiger charge is -2.10. The van der Waals surface area contributed by atoms with Gasteiger partial charge in [0.2, 0.25) is 0 Å². The number of amides is 1. The number of pyridine rings is 1. The van der Waals surface area contributed by atoms with Gasteiger partial charge in [0, 0.05) is 13.2 Å². The lowest BCUT2D eigenvalue weighted by atomic mass is 10.1. The van der Waals surface area contributed by atoms with Crippen molar-refractivity contribution in [3.8, 4) is 0 Å². The van der Waals surface area contributed by atoms with Crippen molar-refractivity contribution in [1.82, 2.24) is 4.98 Å². The fourth-order valence-corrected chi connectivity index (χ4v) is 1.60. The Hall–Kier alpha value is -2.43. The first-order chi connectivity index (χ1) is 8.72. The van der Waals surface area contributed by atoms with Crippen molar-refractivity contribution in [3.63, 3.8) is 0 Å². The average molecular weight is 245 g/mol. The van der Waals surface area contributed by atoms with Gasteiger partial charge in [-0.1, -0.05) is 6.07 Å². The van der Waals surface area contributed by atoms with Gasteiger partial charge >= 0.3 is 0 Å². The van der Waals surface area contributed by atoms with Crippen molar-refractivity contribution in [2.24, 2.45) is 0 Å². The van der Waals surface area contributed by atoms with E-state index in [1.807, 2.05) is 0 Å². The highest BCUT2D eigenvalue weighted by Gasteiger charge is 2.14. The number of aromatic nitrogens is 1. The van der Waals surface area contributed by atoms with Crippen molar-refractivity contribution in [1.29, 1.82) is 0 Å². The summed E-state index contributed by atoms with van der Waals surface area (Å²) in [5.74, 6) is -0.844. The van der Waals surface area contributed by atoms with Crippen LogP contribution < -0.4 is 10.6 Å². The van der Waals surface area contributed by atoms with Crippen LogP contribution in [0.4, 0.5) is 15.8 Å². The molecule has 0 radical (unpaired) electrons. The van der Waals surface area contributed by atoms with E-state index in [9.17, 15) is 9.18 Å². The normalized spacial score (nSPS) is 9.89. The Labute approximate surface area is 104 Å². The number of anilines is 2. The minimum Gasteiger partial charge on any atom is -0.385 e. The molecule has 0 saturated carbocycles. The molecule has 4 nitrogen and oxygen atoms in total. The molecule has 18 heavy (non-hydrogen) atoms. The van der Waals surface area contributed by atoms with Gasteiger partial charge in [-0.15, -0.1) is 0 Å². The highest BCUT2D eigenvalue weighted by Crippen LogP contribution is 2.20. The molecular weight excluding hydrogens is 233 g/mol. The molecule has 0 aliphatic heterocycles. The summed E-state index contributed by atoms with van der Waals surface area (Å²) in [6.07, 6.45) is 3.13. The van der Waals surface area contributed by atoms with Crippen LogP contribution in [0.25, 0.3) is 0 Å². The molecule has 0 aliphatic rings. The van der Waals surface area contributed by atoms with E-state index in [1.165, 1.54) is 18.3 Å². The van der Waals surface area contributed by atoms with Crippen LogP contribution in [-0.4, -0.2) is 17.9 Å². The summed E-state index contributed by atoms with van der Waals surface area (Å²) < 4.78 is 13.5. The van der Waals surface area contributed by atoms with E-state index in [0.29, 0.717) is 5.69 Å². The van der Waals surface area contributed by atoms with E-state index >= 15 is 0 Å². The summed E-state index contributed by atoms with van der Waals surface area (Å²) >= 11 is 0. The number of rotatable bonds is 3. The summed E-state index contributed by atoms with van der Waals surface area (Å²) in [7, 11) is 1.57. The van der Waals surface area contributed by atoms with Crippen LogP contribution in [0.5, 0.6) is 0 Å². The van der Waals surface area contributed by atoms with Crippen LogP contribution in [0.3, 0.4) is 0 Å². The number of para-hydroxylation sites is 1. The van der Waals surface area contributed by atoms with E-state index < -0.39 is 5.82 Å². The first-order valence-electron chi connectivity index (χ1n) is 5.40. The summed E-state index contributed by atoms with van der Waals surface area (Å²) in [6.45, 7) is 0. The molecule has 0 spiro atoms. The number of nitrogens with one attached hydrogen (secondary N) is 2. The summed E-state index contributed by atoms with van der Waals surface area (Å²) in [4.78, 5) is 15.9. The predicted octanol–water partition coefficient (Wildman–Crippen LogP) is 2.51. The second kappa shape index (κ2) is 5.27. The summed E-state index contributed by atoms with van der Waals surface area (Å²) in [5.41, 5.74) is 0.994. The Balaban J connectivity index is 2.27. The Morgan fingerprint density at radius 1 is 1.28 bits per heavy atom. The standard InChI is InChI=1S/C13H12FN3O/c1-15-12-10(5-2-6-11(12)14)13(18)17-9-4-3-7-16-8-9/h2-8,15H,1H3,(H,17,18). The molecular formula is C13H12FN3O. The van der Waals surface area contributed by atoms with Gasteiger partial charge < -0.3 is 10.6 Å². The lowest BCUT2D eigenvalue weighted by Crippen LogP contribution is -2.14. The molecule has 1 amide bonds. The first-order valence-corrected chi connectivity index (χ1v) is 5.40. The molecule has 0 bridgehead atoms. The van der Waals surface area contributed by atoms with Crippen LogP contribution in [0, 0.1) is 5.82 Å². The average Bonchev–Trinajstić information content (AvgIpc) is 2.39. The third-order valence-corrected chi connectivity index (χ3v) is 2.43. The Bertz CT molecular complexity index is 557. The third-order valence-electron chi connectivity index (χ3n) is 2.43. The van der Waals surface area contributed by atoms with Gasteiger partial charge in [0.05, 0.1) is 23.1 Å². The van der Waals surface area contributed by atoms with Gasteiger partial charge in [-0.25, -0.2) is 4.39 Å². The number of nitrogens with zero attached hydrogens (tertiary/aromatic N) is 1. The van der Waals surface area contributed by atoms with E-state index in [-0.39, 0.29) is 17.2 Å². The molecule has 0 fully saturated rings. The summed E-state index contributed by atoms with van der Waals surface area (Å²) in [5, 5.41) is 5.33. The van der Waals surface area contributed by atoms with Crippen molar-refractivity contribution >= 4 is 17.3 Å². The zero-order valence-electron chi connectivity index (χ0n) is 9.77. The number of halogens is 1. The van der Waals surface area contributed by atoms with Gasteiger partial charge in [-0.05, 0) is 24.3 Å². The number of hydrogen-bond acceptors (Lipinski definition) is 3. The Kier molecular flexibility index (Phi) is 3.52. The highest BCUT2D eigenvalue weighted by atomic mass is 19.1. The zero-order chi connectivity index (χ0) is 13.0. The van der Waals surface area contributed by atoms with Crippen molar-refractivity contribution < 1.29 is 9.18 Å². The SMILES string of the molecule is CNc1c(F)cccc1C(=O)Nc1cccnc1. The molecule has 0 atom stereocenters. The molecule has 2 rings (SSSR count).